The molecule has 0 fully saturated rings. The van der Waals surface area contributed by atoms with Gasteiger partial charge in [-0.1, -0.05) is 111 Å². The standard InChI is InChI=1S/C41H42N2/c1-6-16-30(3)25-27-37(33-19-9-8-10-20-33)42-29-15-21-34(17-7-2)43-38-24-14-13-23-36(38)41-39(43)28-26-32(5)40(41)35-22-12-11-18-31(35)4/h7-15,17-30H,6,16H2,1-5H3/b17-7+,27-25+,29-15-,34-21+,42-37-/t30-/m1/s1. The van der Waals surface area contributed by atoms with E-state index in [-0.39, 0.29) is 0 Å². The lowest BCUT2D eigenvalue weighted by atomic mass is 9.92. The van der Waals surface area contributed by atoms with Gasteiger partial charge >= 0.3 is 0 Å². The molecule has 0 aliphatic rings. The Morgan fingerprint density at radius 3 is 2.33 bits per heavy atom. The Labute approximate surface area is 257 Å². The van der Waals surface area contributed by atoms with Gasteiger partial charge in [-0.05, 0) is 91.8 Å². The summed E-state index contributed by atoms with van der Waals surface area (Å²) in [6.45, 7) is 11.0. The van der Waals surface area contributed by atoms with Crippen molar-refractivity contribution in [2.45, 2.75) is 47.5 Å². The summed E-state index contributed by atoms with van der Waals surface area (Å²) in [5.41, 5.74) is 10.7. The third-order valence-corrected chi connectivity index (χ3v) is 8.02. The summed E-state index contributed by atoms with van der Waals surface area (Å²) in [6.07, 6.45) is 17.2. The normalized spacial score (nSPS) is 13.8. The van der Waals surface area contributed by atoms with Crippen LogP contribution in [0.2, 0.25) is 0 Å². The first-order chi connectivity index (χ1) is 21.0. The van der Waals surface area contributed by atoms with E-state index >= 15 is 0 Å². The lowest BCUT2D eigenvalue weighted by molar-refractivity contribution is 0.634. The first kappa shape index (κ1) is 29.8. The molecule has 1 atom stereocenters. The zero-order valence-electron chi connectivity index (χ0n) is 26.1. The molecule has 4 aromatic carbocycles. The van der Waals surface area contributed by atoms with Crippen LogP contribution >= 0.6 is 0 Å². The van der Waals surface area contributed by atoms with E-state index in [4.69, 9.17) is 4.99 Å². The van der Waals surface area contributed by atoms with Crippen molar-refractivity contribution in [3.63, 3.8) is 0 Å². The van der Waals surface area contributed by atoms with Gasteiger partial charge < -0.3 is 4.57 Å². The van der Waals surface area contributed by atoms with E-state index in [2.05, 4.69) is 161 Å². The third kappa shape index (κ3) is 6.54. The summed E-state index contributed by atoms with van der Waals surface area (Å²) in [4.78, 5) is 4.91. The molecule has 0 unspecified atom stereocenters. The van der Waals surface area contributed by atoms with Crippen LogP contribution in [0, 0.1) is 19.8 Å². The number of para-hydroxylation sites is 1. The van der Waals surface area contributed by atoms with E-state index in [1.54, 1.807) is 0 Å². The van der Waals surface area contributed by atoms with Gasteiger partial charge in [0.25, 0.3) is 0 Å². The van der Waals surface area contributed by atoms with Crippen molar-refractivity contribution < 1.29 is 0 Å². The lowest BCUT2D eigenvalue weighted by Gasteiger charge is -2.13. The molecule has 43 heavy (non-hydrogen) atoms. The Bertz CT molecular complexity index is 1860. The highest BCUT2D eigenvalue weighted by Crippen LogP contribution is 2.41. The Kier molecular flexibility index (Phi) is 9.69. The fraction of sp³-hybridized carbons (Fsp3) is 0.195. The second kappa shape index (κ2) is 14.0. The van der Waals surface area contributed by atoms with Gasteiger partial charge in [0.2, 0.25) is 0 Å². The van der Waals surface area contributed by atoms with Crippen LogP contribution < -0.4 is 0 Å². The van der Waals surface area contributed by atoms with Crippen LogP contribution in [0.25, 0.3) is 38.6 Å². The zero-order valence-corrected chi connectivity index (χ0v) is 26.1. The van der Waals surface area contributed by atoms with Gasteiger partial charge in [0.15, 0.2) is 0 Å². The maximum atomic E-state index is 4.91. The van der Waals surface area contributed by atoms with Gasteiger partial charge in [0.1, 0.15) is 0 Å². The molecule has 2 heteroatoms. The van der Waals surface area contributed by atoms with E-state index in [0.29, 0.717) is 5.92 Å². The smallest absolute Gasteiger partial charge is 0.0698 e. The maximum Gasteiger partial charge on any atom is 0.0698 e. The first-order valence-corrected chi connectivity index (χ1v) is 15.4. The summed E-state index contributed by atoms with van der Waals surface area (Å²) in [7, 11) is 0. The van der Waals surface area contributed by atoms with Crippen LogP contribution in [0.4, 0.5) is 0 Å². The van der Waals surface area contributed by atoms with Gasteiger partial charge in [-0.2, -0.15) is 0 Å². The van der Waals surface area contributed by atoms with Gasteiger partial charge in [-0.25, -0.2) is 0 Å². The first-order valence-electron chi connectivity index (χ1n) is 15.4. The number of fused-ring (bicyclic) bond motifs is 3. The summed E-state index contributed by atoms with van der Waals surface area (Å²) in [6, 6.07) is 32.4. The molecule has 0 aliphatic carbocycles. The number of aliphatic imine (C=N–C) groups is 1. The lowest BCUT2D eigenvalue weighted by Crippen LogP contribution is -1.97. The SMILES string of the molecule is C/C=C/C(=C\C=C/N=C(/C=C/[C@H](C)CCC)c1ccccc1)n1c2ccccc2c2c(-c3ccccc3C)c(C)ccc21. The van der Waals surface area contributed by atoms with Gasteiger partial charge in [0, 0.05) is 28.2 Å². The molecule has 0 N–H and O–H groups in total. The topological polar surface area (TPSA) is 17.3 Å². The van der Waals surface area contributed by atoms with Crippen molar-refractivity contribution in [1.29, 1.82) is 0 Å². The predicted octanol–water partition coefficient (Wildman–Crippen LogP) is 11.5. The Morgan fingerprint density at radius 2 is 1.56 bits per heavy atom. The molecule has 5 aromatic rings. The van der Waals surface area contributed by atoms with E-state index in [9.17, 15) is 0 Å². The molecule has 216 valence electrons. The maximum absolute atomic E-state index is 4.91. The van der Waals surface area contributed by atoms with Crippen molar-refractivity contribution in [1.82, 2.24) is 4.57 Å². The van der Waals surface area contributed by atoms with Crippen LogP contribution in [-0.2, 0) is 0 Å². The van der Waals surface area contributed by atoms with E-state index in [0.717, 1.165) is 17.0 Å². The van der Waals surface area contributed by atoms with Crippen LogP contribution in [0.3, 0.4) is 0 Å². The minimum Gasteiger partial charge on any atom is -0.309 e. The zero-order chi connectivity index (χ0) is 30.2. The summed E-state index contributed by atoms with van der Waals surface area (Å²) >= 11 is 0. The number of hydrogen-bond acceptors (Lipinski definition) is 1. The monoisotopic (exact) mass is 562 g/mol. The molecule has 1 aromatic heterocycles. The van der Waals surface area contributed by atoms with Crippen LogP contribution in [0.1, 0.15) is 50.3 Å². The van der Waals surface area contributed by atoms with Gasteiger partial charge in [0.05, 0.1) is 16.7 Å². The van der Waals surface area contributed by atoms with E-state index < -0.39 is 0 Å². The second-order valence-corrected chi connectivity index (χ2v) is 11.3. The Hall–Kier alpha value is -4.69. The molecule has 0 saturated carbocycles. The number of benzene rings is 4. The quantitative estimate of drug-likeness (QED) is 0.119. The highest BCUT2D eigenvalue weighted by atomic mass is 15.0. The van der Waals surface area contributed by atoms with Crippen molar-refractivity contribution in [3.8, 4) is 11.1 Å². The number of aromatic nitrogens is 1. The average Bonchev–Trinajstić information content (AvgIpc) is 3.35. The number of hydrogen-bond donors (Lipinski definition) is 0. The minimum absolute atomic E-state index is 0.521. The average molecular weight is 563 g/mol. The second-order valence-electron chi connectivity index (χ2n) is 11.3. The van der Waals surface area contributed by atoms with Gasteiger partial charge in [-0.15, -0.1) is 0 Å². The van der Waals surface area contributed by atoms with E-state index in [1.165, 1.54) is 56.9 Å². The predicted molar refractivity (Wildman–Crippen MR) is 189 cm³/mol. The molecule has 0 bridgehead atoms. The molecule has 0 aliphatic heterocycles. The molecule has 5 rings (SSSR count). The van der Waals surface area contributed by atoms with Crippen LogP contribution in [0.15, 0.2) is 139 Å². The highest BCUT2D eigenvalue weighted by molar-refractivity contribution is 6.17. The summed E-state index contributed by atoms with van der Waals surface area (Å²) in [5.74, 6) is 0.521. The molecular formula is C41H42N2. The fourth-order valence-electron chi connectivity index (χ4n) is 5.91. The number of aryl methyl sites for hydroxylation is 2. The van der Waals surface area contributed by atoms with E-state index in [1.807, 2.05) is 12.3 Å². The Morgan fingerprint density at radius 1 is 0.814 bits per heavy atom. The van der Waals surface area contributed by atoms with Gasteiger partial charge in [-0.3, -0.25) is 4.99 Å². The number of allylic oxidation sites excluding steroid dienone is 7. The van der Waals surface area contributed by atoms with Crippen molar-refractivity contribution >= 4 is 33.2 Å². The minimum atomic E-state index is 0.521. The van der Waals surface area contributed by atoms with Crippen molar-refractivity contribution in [3.05, 3.63) is 150 Å². The highest BCUT2D eigenvalue weighted by Gasteiger charge is 2.18. The summed E-state index contributed by atoms with van der Waals surface area (Å²) in [5, 5.41) is 2.55. The van der Waals surface area contributed by atoms with Crippen molar-refractivity contribution in [2.75, 3.05) is 0 Å². The fourth-order valence-corrected chi connectivity index (χ4v) is 5.91. The summed E-state index contributed by atoms with van der Waals surface area (Å²) < 4.78 is 2.38. The molecule has 1 heterocycles. The molecule has 0 spiro atoms. The number of rotatable bonds is 10. The molecule has 0 saturated heterocycles. The van der Waals surface area contributed by atoms with Crippen LogP contribution in [-0.4, -0.2) is 10.3 Å². The Balaban J connectivity index is 1.64. The third-order valence-electron chi connectivity index (χ3n) is 8.02. The number of nitrogens with zero attached hydrogens (tertiary/aromatic N) is 2. The van der Waals surface area contributed by atoms with Crippen molar-refractivity contribution in [2.24, 2.45) is 10.9 Å². The largest absolute Gasteiger partial charge is 0.309 e. The molecular weight excluding hydrogens is 520 g/mol. The molecule has 0 amide bonds. The molecule has 2 nitrogen and oxygen atoms in total. The molecule has 0 radical (unpaired) electrons. The van der Waals surface area contributed by atoms with Crippen LogP contribution in [0.5, 0.6) is 0 Å².